The highest BCUT2D eigenvalue weighted by Gasteiger charge is 2.33. The molecule has 1 aromatic carbocycles. The van der Waals surface area contributed by atoms with Crippen LogP contribution in [0.15, 0.2) is 24.3 Å². The monoisotopic (exact) mass is 314 g/mol. The van der Waals surface area contributed by atoms with E-state index in [1.165, 1.54) is 0 Å². The predicted octanol–water partition coefficient (Wildman–Crippen LogP) is 4.17. The summed E-state index contributed by atoms with van der Waals surface area (Å²) in [5.74, 6) is -1.97. The van der Waals surface area contributed by atoms with Crippen LogP contribution >= 0.6 is 0 Å². The Morgan fingerprint density at radius 2 is 1.68 bits per heavy atom. The van der Waals surface area contributed by atoms with Gasteiger partial charge in [-0.15, -0.1) is 0 Å². The van der Waals surface area contributed by atoms with E-state index in [4.69, 9.17) is 0 Å². The van der Waals surface area contributed by atoms with Gasteiger partial charge in [-0.25, -0.2) is 0 Å². The van der Waals surface area contributed by atoms with E-state index < -0.39 is 23.6 Å². The molecule has 1 aromatic rings. The number of carbonyl (C=O) groups excluding carboxylic acids is 1. The van der Waals surface area contributed by atoms with Crippen molar-refractivity contribution in [3.05, 3.63) is 35.4 Å². The van der Waals surface area contributed by atoms with Crippen LogP contribution in [-0.4, -0.2) is 16.9 Å². The van der Waals surface area contributed by atoms with Crippen LogP contribution in [0.4, 0.5) is 13.2 Å². The molecule has 0 spiro atoms. The van der Waals surface area contributed by atoms with Gasteiger partial charge in [0.25, 0.3) is 0 Å². The van der Waals surface area contributed by atoms with E-state index in [-0.39, 0.29) is 23.7 Å². The van der Waals surface area contributed by atoms with Crippen molar-refractivity contribution in [2.24, 2.45) is 11.8 Å². The van der Waals surface area contributed by atoms with Gasteiger partial charge in [0.15, 0.2) is 5.78 Å². The van der Waals surface area contributed by atoms with E-state index in [2.05, 4.69) is 0 Å². The van der Waals surface area contributed by atoms with Crippen molar-refractivity contribution in [3.8, 4) is 0 Å². The Morgan fingerprint density at radius 3 is 2.23 bits per heavy atom. The van der Waals surface area contributed by atoms with Crippen molar-refractivity contribution < 1.29 is 27.9 Å². The van der Waals surface area contributed by atoms with E-state index >= 15 is 0 Å². The van der Waals surface area contributed by atoms with Crippen LogP contribution in [0.25, 0.3) is 0 Å². The first-order chi connectivity index (χ1) is 10.3. The SMILES string of the molecule is O=C(C[C@@H]1CCCC[C@H]1C(=O)O)c1ccc(C(F)(F)F)cc1. The molecule has 1 N–H and O–H groups in total. The number of hydrogen-bond acceptors (Lipinski definition) is 2. The zero-order chi connectivity index (χ0) is 16.3. The summed E-state index contributed by atoms with van der Waals surface area (Å²) in [6, 6.07) is 4.07. The number of halogens is 3. The third-order valence-corrected chi connectivity index (χ3v) is 4.21. The first-order valence-electron chi connectivity index (χ1n) is 7.22. The molecule has 0 bridgehead atoms. The highest BCUT2D eigenvalue weighted by molar-refractivity contribution is 5.96. The van der Waals surface area contributed by atoms with Gasteiger partial charge in [-0.2, -0.15) is 13.2 Å². The van der Waals surface area contributed by atoms with Gasteiger partial charge in [-0.1, -0.05) is 25.0 Å². The lowest BCUT2D eigenvalue weighted by Gasteiger charge is -2.27. The number of carboxylic acid groups (broad SMARTS) is 1. The van der Waals surface area contributed by atoms with Crippen LogP contribution < -0.4 is 0 Å². The summed E-state index contributed by atoms with van der Waals surface area (Å²) in [5.41, 5.74) is -0.604. The smallest absolute Gasteiger partial charge is 0.416 e. The lowest BCUT2D eigenvalue weighted by Crippen LogP contribution is -2.28. The second kappa shape index (κ2) is 6.50. The maximum atomic E-state index is 12.5. The number of Topliss-reactive ketones (excluding diaryl/α,β-unsaturated/α-hetero) is 1. The number of alkyl halides is 3. The highest BCUT2D eigenvalue weighted by Crippen LogP contribution is 2.34. The molecule has 22 heavy (non-hydrogen) atoms. The summed E-state index contributed by atoms with van der Waals surface area (Å²) in [6.07, 6.45) is -1.41. The van der Waals surface area contributed by atoms with Gasteiger partial charge in [-0.3, -0.25) is 9.59 Å². The second-order valence-electron chi connectivity index (χ2n) is 5.69. The standard InChI is InChI=1S/C16H17F3O3/c17-16(18,19)12-7-5-10(6-8-12)14(20)9-11-3-1-2-4-13(11)15(21)22/h5-8,11,13H,1-4,9H2,(H,21,22)/t11-,13+/m0/s1. The molecule has 2 rings (SSSR count). The lowest BCUT2D eigenvalue weighted by atomic mass is 9.76. The van der Waals surface area contributed by atoms with Crippen molar-refractivity contribution in [3.63, 3.8) is 0 Å². The van der Waals surface area contributed by atoms with Crippen LogP contribution in [0.5, 0.6) is 0 Å². The average Bonchev–Trinajstić information content (AvgIpc) is 2.46. The number of carbonyl (C=O) groups is 2. The normalized spacial score (nSPS) is 22.3. The van der Waals surface area contributed by atoms with Gasteiger partial charge in [-0.05, 0) is 30.9 Å². The van der Waals surface area contributed by atoms with Crippen molar-refractivity contribution in [2.45, 2.75) is 38.3 Å². The molecular weight excluding hydrogens is 297 g/mol. The fourth-order valence-corrected chi connectivity index (χ4v) is 2.98. The molecule has 120 valence electrons. The molecule has 0 saturated heterocycles. The first-order valence-corrected chi connectivity index (χ1v) is 7.22. The molecule has 1 aliphatic rings. The zero-order valence-electron chi connectivity index (χ0n) is 11.9. The summed E-state index contributed by atoms with van der Waals surface area (Å²) < 4.78 is 37.4. The number of hydrogen-bond donors (Lipinski definition) is 1. The zero-order valence-corrected chi connectivity index (χ0v) is 11.9. The number of ketones is 1. The van der Waals surface area contributed by atoms with Crippen molar-refractivity contribution in [1.82, 2.24) is 0 Å². The largest absolute Gasteiger partial charge is 0.481 e. The van der Waals surface area contributed by atoms with E-state index in [9.17, 15) is 27.9 Å². The molecule has 1 aliphatic carbocycles. The average molecular weight is 314 g/mol. The molecule has 0 unspecified atom stereocenters. The van der Waals surface area contributed by atoms with Gasteiger partial charge in [0, 0.05) is 12.0 Å². The van der Waals surface area contributed by atoms with E-state index in [1.54, 1.807) is 0 Å². The Balaban J connectivity index is 2.06. The Morgan fingerprint density at radius 1 is 1.09 bits per heavy atom. The van der Waals surface area contributed by atoms with Gasteiger partial charge >= 0.3 is 12.1 Å². The number of rotatable bonds is 4. The maximum absolute atomic E-state index is 12.5. The topological polar surface area (TPSA) is 54.4 Å². The second-order valence-corrected chi connectivity index (χ2v) is 5.69. The number of aliphatic carboxylic acids is 1. The molecule has 1 saturated carbocycles. The van der Waals surface area contributed by atoms with Gasteiger partial charge < -0.3 is 5.11 Å². The summed E-state index contributed by atoms with van der Waals surface area (Å²) in [7, 11) is 0. The molecule has 0 radical (unpaired) electrons. The van der Waals surface area contributed by atoms with Gasteiger partial charge in [0.1, 0.15) is 0 Å². The fraction of sp³-hybridized carbons (Fsp3) is 0.500. The van der Waals surface area contributed by atoms with Crippen LogP contribution in [0, 0.1) is 11.8 Å². The van der Waals surface area contributed by atoms with Crippen LogP contribution in [-0.2, 0) is 11.0 Å². The molecule has 0 aromatic heterocycles. The van der Waals surface area contributed by atoms with E-state index in [1.807, 2.05) is 0 Å². The van der Waals surface area contributed by atoms with Crippen LogP contribution in [0.3, 0.4) is 0 Å². The molecular formula is C16H17F3O3. The van der Waals surface area contributed by atoms with Crippen LogP contribution in [0.1, 0.15) is 48.0 Å². The molecule has 0 amide bonds. The minimum atomic E-state index is -4.43. The minimum absolute atomic E-state index is 0.0718. The Bertz CT molecular complexity index is 549. The van der Waals surface area contributed by atoms with Crippen molar-refractivity contribution >= 4 is 11.8 Å². The summed E-state index contributed by atoms with van der Waals surface area (Å²) in [6.45, 7) is 0. The predicted molar refractivity (Wildman–Crippen MR) is 73.5 cm³/mol. The number of carboxylic acids is 1. The van der Waals surface area contributed by atoms with Gasteiger partial charge in [0.2, 0.25) is 0 Å². The third kappa shape index (κ3) is 3.87. The fourth-order valence-electron chi connectivity index (χ4n) is 2.98. The van der Waals surface area contributed by atoms with Gasteiger partial charge in [0.05, 0.1) is 11.5 Å². The Labute approximate surface area is 126 Å². The molecule has 1 fully saturated rings. The van der Waals surface area contributed by atoms with E-state index in [0.717, 1.165) is 37.1 Å². The van der Waals surface area contributed by atoms with Crippen molar-refractivity contribution in [1.29, 1.82) is 0 Å². The van der Waals surface area contributed by atoms with Crippen molar-refractivity contribution in [2.75, 3.05) is 0 Å². The number of benzene rings is 1. The first kappa shape index (κ1) is 16.5. The Hall–Kier alpha value is -1.85. The third-order valence-electron chi connectivity index (χ3n) is 4.21. The molecule has 2 atom stereocenters. The van der Waals surface area contributed by atoms with E-state index in [0.29, 0.717) is 12.8 Å². The Kier molecular flexibility index (Phi) is 4.88. The maximum Gasteiger partial charge on any atom is 0.416 e. The molecule has 0 aliphatic heterocycles. The molecule has 3 nitrogen and oxygen atoms in total. The quantitative estimate of drug-likeness (QED) is 0.849. The van der Waals surface area contributed by atoms with Crippen LogP contribution in [0.2, 0.25) is 0 Å². The lowest BCUT2D eigenvalue weighted by molar-refractivity contribution is -0.144. The highest BCUT2D eigenvalue weighted by atomic mass is 19.4. The summed E-state index contributed by atoms with van der Waals surface area (Å²) in [4.78, 5) is 23.4. The summed E-state index contributed by atoms with van der Waals surface area (Å²) in [5, 5.41) is 9.18. The molecule has 0 heterocycles. The molecule has 6 heteroatoms. The minimum Gasteiger partial charge on any atom is -0.481 e. The summed E-state index contributed by atoms with van der Waals surface area (Å²) >= 11 is 0.